The zero-order chi connectivity index (χ0) is 10.5. The molecule has 0 aliphatic rings. The Morgan fingerprint density at radius 3 is 3.13 bits per heavy atom. The zero-order valence-electron chi connectivity index (χ0n) is 8.19. The van der Waals surface area contributed by atoms with E-state index in [1.165, 1.54) is 8.45 Å². The number of halogens is 1. The fraction of sp³-hybridized carbons (Fsp3) is 0.300. The van der Waals surface area contributed by atoms with Crippen molar-refractivity contribution >= 4 is 33.9 Å². The fourth-order valence-corrected chi connectivity index (χ4v) is 2.40. The van der Waals surface area contributed by atoms with Gasteiger partial charge in [-0.1, -0.05) is 6.07 Å². The van der Waals surface area contributed by atoms with Gasteiger partial charge in [-0.25, -0.2) is 0 Å². The molecule has 5 heteroatoms. The van der Waals surface area contributed by atoms with Crippen LogP contribution in [0.4, 0.5) is 0 Å². The average Bonchev–Trinajstić information content (AvgIpc) is 2.84. The van der Waals surface area contributed by atoms with Gasteiger partial charge in [0.2, 0.25) is 0 Å². The van der Waals surface area contributed by atoms with Crippen LogP contribution in [-0.4, -0.2) is 16.3 Å². The predicted octanol–water partition coefficient (Wildman–Crippen LogP) is 2.34. The third-order valence-electron chi connectivity index (χ3n) is 2.00. The van der Waals surface area contributed by atoms with Gasteiger partial charge in [0.1, 0.15) is 0 Å². The Balaban J connectivity index is 1.67. The van der Waals surface area contributed by atoms with Crippen LogP contribution in [0.15, 0.2) is 29.9 Å². The molecular formula is C10H12IN3S. The Morgan fingerprint density at radius 2 is 2.47 bits per heavy atom. The topological polar surface area (TPSA) is 29.9 Å². The minimum absolute atomic E-state index is 0.925. The lowest BCUT2D eigenvalue weighted by Crippen LogP contribution is -2.19. The van der Waals surface area contributed by atoms with Gasteiger partial charge >= 0.3 is 0 Å². The average molecular weight is 333 g/mol. The third-order valence-corrected chi connectivity index (χ3v) is 3.43. The minimum atomic E-state index is 0.925. The van der Waals surface area contributed by atoms with Crippen molar-refractivity contribution in [1.29, 1.82) is 0 Å². The molecule has 2 aromatic heterocycles. The Bertz CT molecular complexity index is 396. The summed E-state index contributed by atoms with van der Waals surface area (Å²) in [5.74, 6) is 0. The summed E-state index contributed by atoms with van der Waals surface area (Å²) in [6, 6.07) is 4.23. The normalized spacial score (nSPS) is 10.7. The van der Waals surface area contributed by atoms with Gasteiger partial charge in [-0.3, -0.25) is 4.68 Å². The highest BCUT2D eigenvalue weighted by atomic mass is 127. The second-order valence-electron chi connectivity index (χ2n) is 3.18. The molecule has 1 N–H and O–H groups in total. The van der Waals surface area contributed by atoms with Crippen LogP contribution < -0.4 is 5.32 Å². The Kier molecular flexibility index (Phi) is 4.16. The Hall–Kier alpha value is -0.400. The van der Waals surface area contributed by atoms with Gasteiger partial charge in [-0.15, -0.1) is 11.3 Å². The summed E-state index contributed by atoms with van der Waals surface area (Å²) in [7, 11) is 0. The van der Waals surface area contributed by atoms with Crippen molar-refractivity contribution in [2.45, 2.75) is 13.1 Å². The molecule has 0 aliphatic heterocycles. The van der Waals surface area contributed by atoms with Crippen molar-refractivity contribution in [2.24, 2.45) is 0 Å². The van der Waals surface area contributed by atoms with Crippen LogP contribution in [0.2, 0.25) is 0 Å². The molecule has 0 unspecified atom stereocenters. The van der Waals surface area contributed by atoms with Crippen LogP contribution in [0.25, 0.3) is 0 Å². The summed E-state index contributed by atoms with van der Waals surface area (Å²) < 4.78 is 3.15. The maximum absolute atomic E-state index is 4.22. The van der Waals surface area contributed by atoms with E-state index < -0.39 is 0 Å². The van der Waals surface area contributed by atoms with Crippen molar-refractivity contribution in [3.05, 3.63) is 38.4 Å². The molecule has 2 aromatic rings. The monoisotopic (exact) mass is 333 g/mol. The largest absolute Gasteiger partial charge is 0.310 e. The molecule has 80 valence electrons. The summed E-state index contributed by atoms with van der Waals surface area (Å²) in [5.41, 5.74) is 0. The SMILES string of the molecule is Ic1cnn(CCNCc2cccs2)c1. The molecule has 0 saturated carbocycles. The first kappa shape index (κ1) is 11.1. The van der Waals surface area contributed by atoms with Gasteiger partial charge < -0.3 is 5.32 Å². The van der Waals surface area contributed by atoms with Gasteiger partial charge in [-0.05, 0) is 34.0 Å². The Labute approximate surface area is 107 Å². The van der Waals surface area contributed by atoms with E-state index in [0.717, 1.165) is 19.6 Å². The van der Waals surface area contributed by atoms with Crippen molar-refractivity contribution in [2.75, 3.05) is 6.54 Å². The van der Waals surface area contributed by atoms with E-state index in [0.29, 0.717) is 0 Å². The number of aromatic nitrogens is 2. The summed E-state index contributed by atoms with van der Waals surface area (Å²) >= 11 is 4.06. The molecule has 0 saturated heterocycles. The van der Waals surface area contributed by atoms with Crippen LogP contribution in [-0.2, 0) is 13.1 Å². The number of hydrogen-bond acceptors (Lipinski definition) is 3. The van der Waals surface area contributed by atoms with E-state index in [2.05, 4.69) is 50.5 Å². The van der Waals surface area contributed by atoms with Crippen molar-refractivity contribution in [3.8, 4) is 0 Å². The standard InChI is InChI=1S/C10H12IN3S/c11-9-6-13-14(8-9)4-3-12-7-10-2-1-5-15-10/h1-2,5-6,8,12H,3-4,7H2. The number of nitrogens with zero attached hydrogens (tertiary/aromatic N) is 2. The lowest BCUT2D eigenvalue weighted by molar-refractivity contribution is 0.556. The van der Waals surface area contributed by atoms with E-state index in [9.17, 15) is 0 Å². The van der Waals surface area contributed by atoms with Crippen LogP contribution >= 0.6 is 33.9 Å². The molecule has 0 radical (unpaired) electrons. The molecule has 2 rings (SSSR count). The number of hydrogen-bond donors (Lipinski definition) is 1. The highest BCUT2D eigenvalue weighted by Crippen LogP contribution is 2.07. The molecule has 2 heterocycles. The quantitative estimate of drug-likeness (QED) is 0.672. The molecule has 15 heavy (non-hydrogen) atoms. The Morgan fingerprint density at radius 1 is 1.53 bits per heavy atom. The van der Waals surface area contributed by atoms with Gasteiger partial charge in [0, 0.05) is 24.2 Å². The molecule has 0 bridgehead atoms. The van der Waals surface area contributed by atoms with Gasteiger partial charge in [-0.2, -0.15) is 5.10 Å². The van der Waals surface area contributed by atoms with E-state index in [1.54, 1.807) is 11.3 Å². The van der Waals surface area contributed by atoms with Gasteiger partial charge in [0.25, 0.3) is 0 Å². The summed E-state index contributed by atoms with van der Waals surface area (Å²) in [6.45, 7) is 2.83. The second kappa shape index (κ2) is 5.62. The molecule has 0 aromatic carbocycles. The molecule has 0 spiro atoms. The van der Waals surface area contributed by atoms with Crippen LogP contribution in [0.3, 0.4) is 0 Å². The number of rotatable bonds is 5. The highest BCUT2D eigenvalue weighted by molar-refractivity contribution is 14.1. The van der Waals surface area contributed by atoms with Crippen molar-refractivity contribution in [1.82, 2.24) is 15.1 Å². The van der Waals surface area contributed by atoms with E-state index >= 15 is 0 Å². The molecule has 3 nitrogen and oxygen atoms in total. The lowest BCUT2D eigenvalue weighted by Gasteiger charge is -2.02. The predicted molar refractivity (Wildman–Crippen MR) is 71.0 cm³/mol. The number of nitrogens with one attached hydrogen (secondary N) is 1. The first-order valence-electron chi connectivity index (χ1n) is 4.75. The highest BCUT2D eigenvalue weighted by Gasteiger charge is 1.95. The zero-order valence-corrected chi connectivity index (χ0v) is 11.2. The maximum Gasteiger partial charge on any atom is 0.0623 e. The van der Waals surface area contributed by atoms with Gasteiger partial charge in [0.05, 0.1) is 16.3 Å². The van der Waals surface area contributed by atoms with E-state index in [1.807, 2.05) is 17.1 Å². The van der Waals surface area contributed by atoms with Gasteiger partial charge in [0.15, 0.2) is 0 Å². The minimum Gasteiger partial charge on any atom is -0.310 e. The maximum atomic E-state index is 4.22. The molecule has 0 fully saturated rings. The third kappa shape index (κ3) is 3.58. The first-order valence-corrected chi connectivity index (χ1v) is 6.71. The summed E-state index contributed by atoms with van der Waals surface area (Å²) in [5, 5.41) is 9.72. The summed E-state index contributed by atoms with van der Waals surface area (Å²) in [4.78, 5) is 1.38. The molecule has 0 atom stereocenters. The fourth-order valence-electron chi connectivity index (χ4n) is 1.28. The molecule has 0 amide bonds. The van der Waals surface area contributed by atoms with Crippen LogP contribution in [0.1, 0.15) is 4.88 Å². The first-order chi connectivity index (χ1) is 7.34. The smallest absolute Gasteiger partial charge is 0.0623 e. The van der Waals surface area contributed by atoms with E-state index in [-0.39, 0.29) is 0 Å². The van der Waals surface area contributed by atoms with Crippen LogP contribution in [0.5, 0.6) is 0 Å². The number of thiophene rings is 1. The van der Waals surface area contributed by atoms with E-state index in [4.69, 9.17) is 0 Å². The van der Waals surface area contributed by atoms with Crippen molar-refractivity contribution < 1.29 is 0 Å². The second-order valence-corrected chi connectivity index (χ2v) is 5.46. The van der Waals surface area contributed by atoms with Crippen molar-refractivity contribution in [3.63, 3.8) is 0 Å². The van der Waals surface area contributed by atoms with Crippen LogP contribution in [0, 0.1) is 3.57 Å². The molecular weight excluding hydrogens is 321 g/mol. The molecule has 0 aliphatic carbocycles. The summed E-state index contributed by atoms with van der Waals surface area (Å²) in [6.07, 6.45) is 3.92. The lowest BCUT2D eigenvalue weighted by atomic mass is 10.4.